The van der Waals surface area contributed by atoms with Gasteiger partial charge in [0.1, 0.15) is 5.75 Å². The number of nitrogens with one attached hydrogen (secondary N) is 1. The van der Waals surface area contributed by atoms with Gasteiger partial charge >= 0.3 is 0 Å². The van der Waals surface area contributed by atoms with Crippen LogP contribution in [0.4, 0.5) is 0 Å². The molecule has 1 saturated heterocycles. The zero-order valence-electron chi connectivity index (χ0n) is 10.8. The van der Waals surface area contributed by atoms with Crippen molar-refractivity contribution in [2.75, 3.05) is 19.6 Å². The zero-order chi connectivity index (χ0) is 12.5. The van der Waals surface area contributed by atoms with Gasteiger partial charge in [0.15, 0.2) is 0 Å². The molecule has 0 saturated carbocycles. The van der Waals surface area contributed by atoms with Crippen LogP contribution in [0.3, 0.4) is 0 Å². The number of hydrogen-bond acceptors (Lipinski definition) is 4. The zero-order valence-corrected chi connectivity index (χ0v) is 10.8. The lowest BCUT2D eigenvalue weighted by Gasteiger charge is -2.39. The number of rotatable bonds is 2. The second kappa shape index (κ2) is 4.63. The third kappa shape index (κ3) is 3.17. The van der Waals surface area contributed by atoms with E-state index in [0.717, 1.165) is 37.6 Å². The monoisotopic (exact) mass is 235 g/mol. The summed E-state index contributed by atoms with van der Waals surface area (Å²) in [6.07, 6.45) is 0. The first-order valence-corrected chi connectivity index (χ1v) is 6.09. The molecule has 0 atom stereocenters. The topological polar surface area (TPSA) is 48.4 Å². The van der Waals surface area contributed by atoms with Gasteiger partial charge in [-0.15, -0.1) is 0 Å². The molecule has 17 heavy (non-hydrogen) atoms. The standard InChI is InChI=1S/C13H21N3O/c1-10-4-5-12(17)11(15-10)8-16-7-6-14-13(2,3)9-16/h4-5,14,17H,6-9H2,1-3H3. The number of nitrogens with zero attached hydrogens (tertiary/aromatic N) is 2. The highest BCUT2D eigenvalue weighted by Crippen LogP contribution is 2.19. The quantitative estimate of drug-likeness (QED) is 0.810. The molecule has 0 spiro atoms. The van der Waals surface area contributed by atoms with E-state index in [1.54, 1.807) is 6.07 Å². The van der Waals surface area contributed by atoms with Gasteiger partial charge in [0.2, 0.25) is 0 Å². The smallest absolute Gasteiger partial charge is 0.138 e. The van der Waals surface area contributed by atoms with Gasteiger partial charge < -0.3 is 10.4 Å². The minimum absolute atomic E-state index is 0.137. The molecule has 0 radical (unpaired) electrons. The summed E-state index contributed by atoms with van der Waals surface area (Å²) in [5.41, 5.74) is 1.87. The van der Waals surface area contributed by atoms with Crippen molar-refractivity contribution in [3.63, 3.8) is 0 Å². The Hall–Kier alpha value is -1.13. The van der Waals surface area contributed by atoms with Crippen LogP contribution in [0.2, 0.25) is 0 Å². The van der Waals surface area contributed by atoms with E-state index in [1.165, 1.54) is 0 Å². The second-order valence-corrected chi connectivity index (χ2v) is 5.44. The third-order valence-corrected chi connectivity index (χ3v) is 3.11. The summed E-state index contributed by atoms with van der Waals surface area (Å²) in [6, 6.07) is 3.56. The SMILES string of the molecule is Cc1ccc(O)c(CN2CCNC(C)(C)C2)n1. The van der Waals surface area contributed by atoms with Gasteiger partial charge in [-0.2, -0.15) is 0 Å². The van der Waals surface area contributed by atoms with Gasteiger partial charge in [-0.25, -0.2) is 0 Å². The van der Waals surface area contributed by atoms with E-state index < -0.39 is 0 Å². The van der Waals surface area contributed by atoms with Crippen molar-refractivity contribution in [3.05, 3.63) is 23.5 Å². The van der Waals surface area contributed by atoms with Gasteiger partial charge in [0.05, 0.1) is 5.69 Å². The van der Waals surface area contributed by atoms with Crippen molar-refractivity contribution in [1.82, 2.24) is 15.2 Å². The van der Waals surface area contributed by atoms with Crippen molar-refractivity contribution in [3.8, 4) is 5.75 Å². The Morgan fingerprint density at radius 3 is 2.94 bits per heavy atom. The van der Waals surface area contributed by atoms with Gasteiger partial charge in [0, 0.05) is 37.4 Å². The predicted octanol–water partition coefficient (Wildman–Crippen LogP) is 1.28. The Morgan fingerprint density at radius 1 is 1.47 bits per heavy atom. The van der Waals surface area contributed by atoms with Crippen LogP contribution in [0.15, 0.2) is 12.1 Å². The molecule has 2 N–H and O–H groups in total. The van der Waals surface area contributed by atoms with Crippen LogP contribution in [-0.4, -0.2) is 40.2 Å². The molecule has 94 valence electrons. The molecule has 0 aromatic carbocycles. The van der Waals surface area contributed by atoms with E-state index in [2.05, 4.69) is 29.0 Å². The average Bonchev–Trinajstić information content (AvgIpc) is 2.22. The molecule has 0 unspecified atom stereocenters. The van der Waals surface area contributed by atoms with Crippen molar-refractivity contribution < 1.29 is 5.11 Å². The first-order valence-electron chi connectivity index (χ1n) is 6.09. The summed E-state index contributed by atoms with van der Waals surface area (Å²) in [4.78, 5) is 6.73. The van der Waals surface area contributed by atoms with Gasteiger partial charge in [-0.05, 0) is 32.9 Å². The van der Waals surface area contributed by atoms with Crippen LogP contribution in [0.5, 0.6) is 5.75 Å². The van der Waals surface area contributed by atoms with E-state index >= 15 is 0 Å². The maximum absolute atomic E-state index is 9.79. The predicted molar refractivity (Wildman–Crippen MR) is 68.0 cm³/mol. The van der Waals surface area contributed by atoms with Crippen LogP contribution in [0.1, 0.15) is 25.2 Å². The fourth-order valence-corrected chi connectivity index (χ4v) is 2.31. The molecule has 0 bridgehead atoms. The second-order valence-electron chi connectivity index (χ2n) is 5.44. The highest BCUT2D eigenvalue weighted by atomic mass is 16.3. The molecular formula is C13H21N3O. The van der Waals surface area contributed by atoms with Crippen molar-refractivity contribution >= 4 is 0 Å². The molecule has 2 heterocycles. The number of piperazine rings is 1. The fourth-order valence-electron chi connectivity index (χ4n) is 2.31. The van der Waals surface area contributed by atoms with E-state index in [9.17, 15) is 5.11 Å². The largest absolute Gasteiger partial charge is 0.506 e. The molecule has 4 nitrogen and oxygen atoms in total. The molecule has 0 aliphatic carbocycles. The first-order chi connectivity index (χ1) is 7.96. The molecule has 1 aromatic rings. The molecule has 2 rings (SSSR count). The number of aromatic hydroxyl groups is 1. The fraction of sp³-hybridized carbons (Fsp3) is 0.615. The van der Waals surface area contributed by atoms with E-state index in [-0.39, 0.29) is 5.54 Å². The summed E-state index contributed by atoms with van der Waals surface area (Å²) in [6.45, 7) is 10.0. The average molecular weight is 235 g/mol. The van der Waals surface area contributed by atoms with Crippen LogP contribution in [0, 0.1) is 6.92 Å². The van der Waals surface area contributed by atoms with Crippen LogP contribution in [0.25, 0.3) is 0 Å². The van der Waals surface area contributed by atoms with Crippen molar-refractivity contribution in [2.45, 2.75) is 32.9 Å². The lowest BCUT2D eigenvalue weighted by Crippen LogP contribution is -2.56. The Kier molecular flexibility index (Phi) is 3.35. The van der Waals surface area contributed by atoms with E-state index in [1.807, 2.05) is 13.0 Å². The van der Waals surface area contributed by atoms with Gasteiger partial charge in [-0.3, -0.25) is 9.88 Å². The minimum atomic E-state index is 0.137. The molecule has 4 heteroatoms. The molecule has 1 fully saturated rings. The highest BCUT2D eigenvalue weighted by molar-refractivity contribution is 5.27. The normalized spacial score (nSPS) is 20.4. The van der Waals surface area contributed by atoms with E-state index in [4.69, 9.17) is 0 Å². The lowest BCUT2D eigenvalue weighted by atomic mass is 10.0. The number of pyridine rings is 1. The van der Waals surface area contributed by atoms with Gasteiger partial charge in [-0.1, -0.05) is 0 Å². The summed E-state index contributed by atoms with van der Waals surface area (Å²) < 4.78 is 0. The number of aryl methyl sites for hydroxylation is 1. The maximum atomic E-state index is 9.79. The van der Waals surface area contributed by atoms with Crippen LogP contribution < -0.4 is 5.32 Å². The summed E-state index contributed by atoms with van der Waals surface area (Å²) >= 11 is 0. The van der Waals surface area contributed by atoms with Crippen molar-refractivity contribution in [2.24, 2.45) is 0 Å². The van der Waals surface area contributed by atoms with Crippen LogP contribution in [-0.2, 0) is 6.54 Å². The van der Waals surface area contributed by atoms with Crippen LogP contribution >= 0.6 is 0 Å². The molecule has 1 aromatic heterocycles. The summed E-state index contributed by atoms with van der Waals surface area (Å²) in [5.74, 6) is 0.298. The Balaban J connectivity index is 2.07. The Labute approximate surface area is 103 Å². The number of hydrogen-bond donors (Lipinski definition) is 2. The first kappa shape index (κ1) is 12.3. The summed E-state index contributed by atoms with van der Waals surface area (Å²) in [7, 11) is 0. The van der Waals surface area contributed by atoms with Gasteiger partial charge in [0.25, 0.3) is 0 Å². The minimum Gasteiger partial charge on any atom is -0.506 e. The Morgan fingerprint density at radius 2 is 2.24 bits per heavy atom. The maximum Gasteiger partial charge on any atom is 0.138 e. The van der Waals surface area contributed by atoms with E-state index in [0.29, 0.717) is 5.75 Å². The molecule has 0 amide bonds. The summed E-state index contributed by atoms with van der Waals surface area (Å²) in [5, 5.41) is 13.3. The number of aromatic nitrogens is 1. The Bertz CT molecular complexity index is 404. The highest BCUT2D eigenvalue weighted by Gasteiger charge is 2.26. The molecule has 1 aliphatic heterocycles. The van der Waals surface area contributed by atoms with Crippen molar-refractivity contribution in [1.29, 1.82) is 0 Å². The third-order valence-electron chi connectivity index (χ3n) is 3.11. The molecular weight excluding hydrogens is 214 g/mol. The molecule has 1 aliphatic rings. The lowest BCUT2D eigenvalue weighted by molar-refractivity contribution is 0.145.